The Labute approximate surface area is 219 Å². The van der Waals surface area contributed by atoms with Gasteiger partial charge in [0.2, 0.25) is 5.95 Å². The molecule has 0 bridgehead atoms. The quantitative estimate of drug-likeness (QED) is 0.415. The molecule has 3 aromatic rings. The van der Waals surface area contributed by atoms with Gasteiger partial charge in [0.25, 0.3) is 0 Å². The summed E-state index contributed by atoms with van der Waals surface area (Å²) in [6, 6.07) is 7.00. The van der Waals surface area contributed by atoms with E-state index in [1.165, 1.54) is 30.7 Å². The van der Waals surface area contributed by atoms with Gasteiger partial charge in [-0.1, -0.05) is 19.8 Å². The molecule has 2 heterocycles. The minimum atomic E-state index is -1.10. The van der Waals surface area contributed by atoms with E-state index in [2.05, 4.69) is 22.2 Å². The van der Waals surface area contributed by atoms with Crippen LogP contribution in [0.15, 0.2) is 52.3 Å². The van der Waals surface area contributed by atoms with E-state index in [9.17, 15) is 23.9 Å². The fourth-order valence-electron chi connectivity index (χ4n) is 4.64. The topological polar surface area (TPSA) is 128 Å². The molecule has 0 amide bonds. The van der Waals surface area contributed by atoms with Crippen molar-refractivity contribution in [1.82, 2.24) is 19.1 Å². The van der Waals surface area contributed by atoms with E-state index in [0.29, 0.717) is 23.9 Å². The maximum absolute atomic E-state index is 13.6. The third-order valence-corrected chi connectivity index (χ3v) is 7.22. The van der Waals surface area contributed by atoms with E-state index in [1.807, 2.05) is 0 Å². The molecule has 1 saturated carbocycles. The summed E-state index contributed by atoms with van der Waals surface area (Å²) in [6.45, 7) is 5.57. The van der Waals surface area contributed by atoms with E-state index in [1.54, 1.807) is 24.3 Å². The molecule has 1 aliphatic rings. The number of hydrogen-bond donors (Lipinski definition) is 2. The number of carbonyl (C=O) groups is 1. The van der Waals surface area contributed by atoms with Crippen LogP contribution in [0.2, 0.25) is 0 Å². The van der Waals surface area contributed by atoms with Gasteiger partial charge in [0.05, 0.1) is 24.4 Å². The first-order valence-electron chi connectivity index (χ1n) is 12.7. The number of hydrogen-bond acceptors (Lipinski definition) is 7. The number of benzene rings is 1. The van der Waals surface area contributed by atoms with Gasteiger partial charge in [-0.2, -0.15) is 4.98 Å². The Bertz CT molecular complexity index is 1400. The van der Waals surface area contributed by atoms with Crippen LogP contribution in [0.25, 0.3) is 0 Å². The lowest BCUT2D eigenvalue weighted by Crippen LogP contribution is -2.46. The van der Waals surface area contributed by atoms with Gasteiger partial charge in [0, 0.05) is 18.3 Å². The summed E-state index contributed by atoms with van der Waals surface area (Å²) in [4.78, 5) is 46.0. The molecule has 11 heteroatoms. The first-order chi connectivity index (χ1) is 18.1. The van der Waals surface area contributed by atoms with Crippen LogP contribution in [0.5, 0.6) is 11.5 Å². The average Bonchev–Trinajstić information content (AvgIpc) is 2.88. The fourth-order valence-corrected chi connectivity index (χ4v) is 4.64. The van der Waals surface area contributed by atoms with E-state index < -0.39 is 35.1 Å². The van der Waals surface area contributed by atoms with Crippen LogP contribution in [-0.4, -0.2) is 30.2 Å². The molecule has 2 atom stereocenters. The van der Waals surface area contributed by atoms with Gasteiger partial charge in [0.1, 0.15) is 17.3 Å². The second-order valence-corrected chi connectivity index (χ2v) is 10.1. The summed E-state index contributed by atoms with van der Waals surface area (Å²) < 4.78 is 21.4. The number of carboxylic acids is 1. The van der Waals surface area contributed by atoms with Crippen molar-refractivity contribution in [3.05, 3.63) is 69.5 Å². The lowest BCUT2D eigenvalue weighted by molar-refractivity contribution is -0.142. The fraction of sp³-hybridized carbons (Fsp3) is 0.444. The largest absolute Gasteiger partial charge is 0.481 e. The molecule has 0 unspecified atom stereocenters. The Morgan fingerprint density at radius 2 is 1.82 bits per heavy atom. The maximum atomic E-state index is 13.6. The lowest BCUT2D eigenvalue weighted by atomic mass is 9.83. The second-order valence-electron chi connectivity index (χ2n) is 10.1. The summed E-state index contributed by atoms with van der Waals surface area (Å²) in [5, 5.41) is 12.5. The van der Waals surface area contributed by atoms with E-state index in [-0.39, 0.29) is 17.6 Å². The highest BCUT2D eigenvalue weighted by molar-refractivity contribution is 5.70. The smallest absolute Gasteiger partial charge is 0.355 e. The molecule has 1 aromatic carbocycles. The number of halogens is 1. The van der Waals surface area contributed by atoms with Crippen molar-refractivity contribution in [3.8, 4) is 11.5 Å². The molecule has 1 aliphatic carbocycles. The van der Waals surface area contributed by atoms with Crippen molar-refractivity contribution in [2.75, 3.05) is 5.32 Å². The van der Waals surface area contributed by atoms with Gasteiger partial charge in [-0.05, 0) is 62.8 Å². The second kappa shape index (κ2) is 11.6. The highest BCUT2D eigenvalue weighted by atomic mass is 19.1. The highest BCUT2D eigenvalue weighted by Crippen LogP contribution is 2.30. The number of aliphatic carboxylic acids is 1. The lowest BCUT2D eigenvalue weighted by Gasteiger charge is -2.28. The Kier molecular flexibility index (Phi) is 8.23. The number of aromatic nitrogens is 4. The molecule has 1 fully saturated rings. The summed E-state index contributed by atoms with van der Waals surface area (Å²) in [5.41, 5.74) is -0.854. The normalized spacial score (nSPS) is 18.9. The molecular weight excluding hydrogens is 493 g/mol. The van der Waals surface area contributed by atoms with Crippen LogP contribution in [0, 0.1) is 23.6 Å². The monoisotopic (exact) mass is 525 g/mol. The van der Waals surface area contributed by atoms with Crippen molar-refractivity contribution in [2.24, 2.45) is 17.8 Å². The zero-order chi connectivity index (χ0) is 27.4. The standard InChI is InChI=1S/C27H32FN5O5/c1-16-4-6-19(7-5-16)15-32-25(31-26(36)33(27(32)37)18(3)17(2)24(34)35)30-21-8-10-22(11-9-21)38-23-12-20(28)13-29-14-23/h8-14,16-19H,4-7,15H2,1-3H3,(H,34,35)(H,30,31,36)/t16?,17-,18+,19?/m1/s1. The van der Waals surface area contributed by atoms with Crippen molar-refractivity contribution in [1.29, 1.82) is 0 Å². The first kappa shape index (κ1) is 27.0. The minimum Gasteiger partial charge on any atom is -0.481 e. The van der Waals surface area contributed by atoms with Crippen LogP contribution in [-0.2, 0) is 11.3 Å². The van der Waals surface area contributed by atoms with Gasteiger partial charge in [-0.25, -0.2) is 18.5 Å². The molecule has 2 N–H and O–H groups in total. The van der Waals surface area contributed by atoms with E-state index in [0.717, 1.165) is 36.4 Å². The van der Waals surface area contributed by atoms with Crippen LogP contribution >= 0.6 is 0 Å². The van der Waals surface area contributed by atoms with Crippen molar-refractivity contribution < 1.29 is 19.0 Å². The number of anilines is 2. The first-order valence-corrected chi connectivity index (χ1v) is 12.7. The molecule has 10 nitrogen and oxygen atoms in total. The van der Waals surface area contributed by atoms with Crippen molar-refractivity contribution in [2.45, 2.75) is 59.0 Å². The van der Waals surface area contributed by atoms with Gasteiger partial charge in [0.15, 0.2) is 0 Å². The molecule has 0 saturated heterocycles. The molecule has 0 aliphatic heterocycles. The minimum absolute atomic E-state index is 0.0908. The molecule has 38 heavy (non-hydrogen) atoms. The van der Waals surface area contributed by atoms with Crippen LogP contribution in [0.4, 0.5) is 16.0 Å². The Morgan fingerprint density at radius 3 is 2.45 bits per heavy atom. The third kappa shape index (κ3) is 6.27. The van der Waals surface area contributed by atoms with Gasteiger partial charge >= 0.3 is 17.3 Å². The maximum Gasteiger partial charge on any atom is 0.355 e. The zero-order valence-corrected chi connectivity index (χ0v) is 21.6. The zero-order valence-electron chi connectivity index (χ0n) is 21.6. The number of pyridine rings is 1. The molecule has 0 spiro atoms. The molecule has 2 aromatic heterocycles. The van der Waals surface area contributed by atoms with E-state index in [4.69, 9.17) is 4.74 Å². The summed E-state index contributed by atoms with van der Waals surface area (Å²) in [7, 11) is 0. The number of rotatable bonds is 9. The summed E-state index contributed by atoms with van der Waals surface area (Å²) in [6.07, 6.45) is 6.50. The Hall–Kier alpha value is -4.02. The molecule has 4 rings (SSSR count). The highest BCUT2D eigenvalue weighted by Gasteiger charge is 2.27. The SMILES string of the molecule is CC1CCC(Cn2c(Nc3ccc(Oc4cncc(F)c4)cc3)nc(=O)n([C@@H](C)[C@@H](C)C(=O)O)c2=O)CC1. The molecule has 202 valence electrons. The Balaban J connectivity index is 1.64. The molecule has 0 radical (unpaired) electrons. The Morgan fingerprint density at radius 1 is 1.13 bits per heavy atom. The number of ether oxygens (including phenoxy) is 1. The van der Waals surface area contributed by atoms with Gasteiger partial charge in [-0.15, -0.1) is 0 Å². The van der Waals surface area contributed by atoms with Gasteiger partial charge < -0.3 is 15.2 Å². The predicted octanol–water partition coefficient (Wildman–Crippen LogP) is 4.58. The van der Waals surface area contributed by atoms with Crippen molar-refractivity contribution >= 4 is 17.6 Å². The van der Waals surface area contributed by atoms with Crippen LogP contribution in [0.1, 0.15) is 52.5 Å². The average molecular weight is 526 g/mol. The number of nitrogens with one attached hydrogen (secondary N) is 1. The summed E-state index contributed by atoms with van der Waals surface area (Å²) >= 11 is 0. The van der Waals surface area contributed by atoms with Gasteiger partial charge in [-0.3, -0.25) is 14.3 Å². The van der Waals surface area contributed by atoms with Crippen LogP contribution < -0.4 is 21.4 Å². The van der Waals surface area contributed by atoms with E-state index >= 15 is 0 Å². The molecular formula is C27H32FN5O5. The van der Waals surface area contributed by atoms with Crippen LogP contribution in [0.3, 0.4) is 0 Å². The predicted molar refractivity (Wildman–Crippen MR) is 139 cm³/mol. The summed E-state index contributed by atoms with van der Waals surface area (Å²) in [5.74, 6) is -0.922. The number of carboxylic acid groups (broad SMARTS) is 1. The number of nitrogens with zero attached hydrogens (tertiary/aromatic N) is 4. The van der Waals surface area contributed by atoms with Crippen molar-refractivity contribution in [3.63, 3.8) is 0 Å². The third-order valence-electron chi connectivity index (χ3n) is 7.22.